The van der Waals surface area contributed by atoms with Crippen molar-refractivity contribution in [2.45, 2.75) is 50.5 Å². The Balaban J connectivity index is 1.43. The van der Waals surface area contributed by atoms with Crippen molar-refractivity contribution < 1.29 is 9.53 Å². The van der Waals surface area contributed by atoms with Gasteiger partial charge in [0, 0.05) is 26.2 Å². The van der Waals surface area contributed by atoms with E-state index < -0.39 is 0 Å². The Labute approximate surface area is 115 Å². The van der Waals surface area contributed by atoms with E-state index in [1.807, 2.05) is 0 Å². The minimum absolute atomic E-state index is 0.119. The summed E-state index contributed by atoms with van der Waals surface area (Å²) < 4.78 is 5.34. The predicted molar refractivity (Wildman–Crippen MR) is 73.9 cm³/mol. The fourth-order valence-corrected chi connectivity index (χ4v) is 3.37. The van der Waals surface area contributed by atoms with Crippen LogP contribution in [0, 0.1) is 5.92 Å². The molecule has 2 saturated heterocycles. The second-order valence-electron chi connectivity index (χ2n) is 6.60. The van der Waals surface area contributed by atoms with Crippen molar-refractivity contribution in [1.82, 2.24) is 10.2 Å². The quantitative estimate of drug-likeness (QED) is 0.821. The highest BCUT2D eigenvalue weighted by atomic mass is 16.5. The van der Waals surface area contributed by atoms with Gasteiger partial charge in [-0.3, -0.25) is 4.79 Å². The first-order chi connectivity index (χ1) is 9.26. The van der Waals surface area contributed by atoms with Crippen LogP contribution in [0.3, 0.4) is 0 Å². The Morgan fingerprint density at radius 1 is 1.26 bits per heavy atom. The number of likely N-dealkylation sites (tertiary alicyclic amines) is 1. The number of hydrogen-bond donors (Lipinski definition) is 1. The Morgan fingerprint density at radius 2 is 2.05 bits per heavy atom. The normalized spacial score (nSPS) is 30.2. The molecule has 0 aromatic carbocycles. The third kappa shape index (κ3) is 3.69. The fraction of sp³-hybridized carbons (Fsp3) is 0.933. The highest BCUT2D eigenvalue weighted by Crippen LogP contribution is 2.37. The van der Waals surface area contributed by atoms with Crippen molar-refractivity contribution in [1.29, 1.82) is 0 Å². The van der Waals surface area contributed by atoms with Crippen LogP contribution in [0.15, 0.2) is 0 Å². The molecule has 0 spiro atoms. The fourth-order valence-electron chi connectivity index (χ4n) is 3.37. The molecule has 4 heteroatoms. The molecule has 0 radical (unpaired) electrons. The zero-order chi connectivity index (χ0) is 13.1. The molecule has 3 rings (SSSR count). The minimum atomic E-state index is 0.119. The van der Waals surface area contributed by atoms with E-state index in [1.165, 1.54) is 32.4 Å². The molecule has 1 amide bonds. The van der Waals surface area contributed by atoms with Gasteiger partial charge in [-0.25, -0.2) is 0 Å². The van der Waals surface area contributed by atoms with E-state index in [9.17, 15) is 4.79 Å². The average Bonchev–Trinajstić information content (AvgIpc) is 2.95. The summed E-state index contributed by atoms with van der Waals surface area (Å²) in [5.74, 6) is 0.691. The van der Waals surface area contributed by atoms with E-state index in [0.717, 1.165) is 39.0 Å². The smallest absolute Gasteiger partial charge is 0.220 e. The van der Waals surface area contributed by atoms with Crippen molar-refractivity contribution in [3.63, 3.8) is 0 Å². The molecule has 4 nitrogen and oxygen atoms in total. The van der Waals surface area contributed by atoms with Crippen LogP contribution in [0.25, 0.3) is 0 Å². The molecule has 19 heavy (non-hydrogen) atoms. The monoisotopic (exact) mass is 266 g/mol. The number of hydrogen-bond acceptors (Lipinski definition) is 3. The van der Waals surface area contributed by atoms with E-state index in [2.05, 4.69) is 10.2 Å². The number of rotatable bonds is 5. The van der Waals surface area contributed by atoms with Gasteiger partial charge in [0.1, 0.15) is 0 Å². The standard InChI is InChI=1S/C15H26N2O2/c18-14(10-13-4-9-19-11-13)16-15(5-6-15)12-17-7-2-1-3-8-17/h13H,1-12H2,(H,16,18). The van der Waals surface area contributed by atoms with E-state index in [0.29, 0.717) is 12.3 Å². The van der Waals surface area contributed by atoms with Crippen molar-refractivity contribution in [2.24, 2.45) is 5.92 Å². The molecule has 1 unspecified atom stereocenters. The zero-order valence-corrected chi connectivity index (χ0v) is 11.8. The van der Waals surface area contributed by atoms with Gasteiger partial charge in [-0.15, -0.1) is 0 Å². The SMILES string of the molecule is O=C(CC1CCOC1)NC1(CN2CCCCC2)CC1. The van der Waals surface area contributed by atoms with Gasteiger partial charge in [0.15, 0.2) is 0 Å². The number of piperidine rings is 1. The average molecular weight is 266 g/mol. The largest absolute Gasteiger partial charge is 0.381 e. The highest BCUT2D eigenvalue weighted by Gasteiger charge is 2.45. The van der Waals surface area contributed by atoms with Gasteiger partial charge in [0.25, 0.3) is 0 Å². The summed E-state index contributed by atoms with van der Waals surface area (Å²) in [7, 11) is 0. The Hall–Kier alpha value is -0.610. The molecule has 3 aliphatic rings. The lowest BCUT2D eigenvalue weighted by Gasteiger charge is -2.31. The van der Waals surface area contributed by atoms with Crippen LogP contribution in [-0.4, -0.2) is 49.2 Å². The maximum Gasteiger partial charge on any atom is 0.220 e. The number of nitrogens with zero attached hydrogens (tertiary/aromatic N) is 1. The lowest BCUT2D eigenvalue weighted by Crippen LogP contribution is -2.47. The molecule has 108 valence electrons. The lowest BCUT2D eigenvalue weighted by atomic mass is 10.0. The molecular formula is C15H26N2O2. The molecule has 0 bridgehead atoms. The molecule has 2 aliphatic heterocycles. The van der Waals surface area contributed by atoms with Crippen LogP contribution in [0.1, 0.15) is 44.9 Å². The molecule has 1 aliphatic carbocycles. The third-order valence-corrected chi connectivity index (χ3v) is 4.73. The van der Waals surface area contributed by atoms with Gasteiger partial charge in [-0.05, 0) is 51.1 Å². The third-order valence-electron chi connectivity index (χ3n) is 4.73. The molecule has 0 aromatic heterocycles. The molecular weight excluding hydrogens is 240 g/mol. The van der Waals surface area contributed by atoms with Crippen LogP contribution < -0.4 is 5.32 Å². The second-order valence-corrected chi connectivity index (χ2v) is 6.60. The summed E-state index contributed by atoms with van der Waals surface area (Å²) in [6, 6.07) is 0. The second kappa shape index (κ2) is 5.80. The Morgan fingerprint density at radius 3 is 2.68 bits per heavy atom. The maximum atomic E-state index is 12.1. The van der Waals surface area contributed by atoms with Gasteiger partial charge in [0.05, 0.1) is 5.54 Å². The molecule has 3 fully saturated rings. The van der Waals surface area contributed by atoms with E-state index >= 15 is 0 Å². The predicted octanol–water partition coefficient (Wildman–Crippen LogP) is 1.55. The summed E-state index contributed by atoms with van der Waals surface area (Å²) >= 11 is 0. The lowest BCUT2D eigenvalue weighted by molar-refractivity contribution is -0.123. The van der Waals surface area contributed by atoms with Crippen LogP contribution in [-0.2, 0) is 9.53 Å². The van der Waals surface area contributed by atoms with E-state index in [1.54, 1.807) is 0 Å². The number of nitrogens with one attached hydrogen (secondary N) is 1. The molecule has 1 N–H and O–H groups in total. The van der Waals surface area contributed by atoms with Crippen LogP contribution >= 0.6 is 0 Å². The summed E-state index contributed by atoms with van der Waals surface area (Å²) in [4.78, 5) is 14.6. The number of carbonyl (C=O) groups excluding carboxylic acids is 1. The molecule has 2 heterocycles. The maximum absolute atomic E-state index is 12.1. The van der Waals surface area contributed by atoms with Crippen LogP contribution in [0.5, 0.6) is 0 Å². The summed E-state index contributed by atoms with van der Waals surface area (Å²) in [5, 5.41) is 3.31. The zero-order valence-electron chi connectivity index (χ0n) is 11.8. The van der Waals surface area contributed by atoms with E-state index in [4.69, 9.17) is 4.74 Å². The number of ether oxygens (including phenoxy) is 1. The molecule has 1 atom stereocenters. The van der Waals surface area contributed by atoms with Gasteiger partial charge in [-0.2, -0.15) is 0 Å². The van der Waals surface area contributed by atoms with Gasteiger partial charge in [0.2, 0.25) is 5.91 Å². The van der Waals surface area contributed by atoms with Crippen molar-refractivity contribution >= 4 is 5.91 Å². The Bertz CT molecular complexity index is 316. The number of amides is 1. The summed E-state index contributed by atoms with van der Waals surface area (Å²) in [6.45, 7) is 5.10. The highest BCUT2D eigenvalue weighted by molar-refractivity contribution is 5.77. The van der Waals surface area contributed by atoms with Crippen molar-refractivity contribution in [3.05, 3.63) is 0 Å². The van der Waals surface area contributed by atoms with Crippen LogP contribution in [0.4, 0.5) is 0 Å². The van der Waals surface area contributed by atoms with E-state index in [-0.39, 0.29) is 11.4 Å². The first-order valence-electron chi connectivity index (χ1n) is 7.87. The molecule has 0 aromatic rings. The Kier molecular flexibility index (Phi) is 4.08. The van der Waals surface area contributed by atoms with Gasteiger partial charge in [-0.1, -0.05) is 6.42 Å². The van der Waals surface area contributed by atoms with Gasteiger partial charge < -0.3 is 15.0 Å². The topological polar surface area (TPSA) is 41.6 Å². The van der Waals surface area contributed by atoms with Gasteiger partial charge >= 0.3 is 0 Å². The van der Waals surface area contributed by atoms with Crippen LogP contribution in [0.2, 0.25) is 0 Å². The van der Waals surface area contributed by atoms with Crippen molar-refractivity contribution in [3.8, 4) is 0 Å². The minimum Gasteiger partial charge on any atom is -0.381 e. The summed E-state index contributed by atoms with van der Waals surface area (Å²) in [5.41, 5.74) is 0.119. The summed E-state index contributed by atoms with van der Waals surface area (Å²) in [6.07, 6.45) is 8.05. The first-order valence-corrected chi connectivity index (χ1v) is 7.87. The first kappa shape index (κ1) is 13.4. The van der Waals surface area contributed by atoms with Crippen molar-refractivity contribution in [2.75, 3.05) is 32.8 Å². The number of carbonyl (C=O) groups is 1. The molecule has 1 saturated carbocycles.